The molecule has 1 aliphatic rings. The van der Waals surface area contributed by atoms with Crippen molar-refractivity contribution in [2.24, 2.45) is 11.8 Å². The zero-order valence-electron chi connectivity index (χ0n) is 14.5. The van der Waals surface area contributed by atoms with E-state index in [1.54, 1.807) is 12.1 Å². The molecular weight excluding hydrogens is 294 g/mol. The van der Waals surface area contributed by atoms with Crippen LogP contribution >= 0.6 is 0 Å². The standard InChI is InChI=1S/C20H30F2O/c1-3-5-14-23-18-13-12-17(19(21)20(18)22)11-10-16-8-6-15(4-2)7-9-16/h12-13,15-16H,3-11,14H2,1-2H3. The molecule has 1 aromatic carbocycles. The highest BCUT2D eigenvalue weighted by molar-refractivity contribution is 5.31. The number of unbranched alkanes of at least 4 members (excludes halogenated alkanes) is 1. The van der Waals surface area contributed by atoms with Gasteiger partial charge in [0.05, 0.1) is 6.61 Å². The summed E-state index contributed by atoms with van der Waals surface area (Å²) in [7, 11) is 0. The van der Waals surface area contributed by atoms with Crippen molar-refractivity contribution in [3.05, 3.63) is 29.3 Å². The molecule has 0 amide bonds. The van der Waals surface area contributed by atoms with E-state index >= 15 is 0 Å². The molecule has 0 spiro atoms. The third kappa shape index (κ3) is 5.19. The van der Waals surface area contributed by atoms with Gasteiger partial charge in [0.1, 0.15) is 0 Å². The van der Waals surface area contributed by atoms with Gasteiger partial charge in [-0.3, -0.25) is 0 Å². The Labute approximate surface area is 139 Å². The van der Waals surface area contributed by atoms with E-state index < -0.39 is 11.6 Å². The maximum atomic E-state index is 14.2. The summed E-state index contributed by atoms with van der Waals surface area (Å²) in [5, 5.41) is 0. The fourth-order valence-electron chi connectivity index (χ4n) is 3.49. The van der Waals surface area contributed by atoms with Crippen molar-refractivity contribution >= 4 is 0 Å². The lowest BCUT2D eigenvalue weighted by Crippen LogP contribution is -2.14. The van der Waals surface area contributed by atoms with Crippen molar-refractivity contribution in [1.82, 2.24) is 0 Å². The van der Waals surface area contributed by atoms with Crippen LogP contribution in [-0.4, -0.2) is 6.61 Å². The first-order valence-electron chi connectivity index (χ1n) is 9.25. The highest BCUT2D eigenvalue weighted by atomic mass is 19.2. The Morgan fingerprint density at radius 2 is 1.70 bits per heavy atom. The molecule has 2 rings (SSSR count). The second kappa shape index (κ2) is 9.24. The number of hydrogen-bond acceptors (Lipinski definition) is 1. The molecule has 0 heterocycles. The lowest BCUT2D eigenvalue weighted by molar-refractivity contribution is 0.257. The largest absolute Gasteiger partial charge is 0.490 e. The van der Waals surface area contributed by atoms with E-state index in [9.17, 15) is 8.78 Å². The number of ether oxygens (including phenoxy) is 1. The molecular formula is C20H30F2O. The first kappa shape index (κ1) is 18.2. The molecule has 1 aliphatic carbocycles. The second-order valence-corrected chi connectivity index (χ2v) is 6.89. The highest BCUT2D eigenvalue weighted by Gasteiger charge is 2.21. The Hall–Kier alpha value is -1.12. The Morgan fingerprint density at radius 1 is 1.00 bits per heavy atom. The van der Waals surface area contributed by atoms with Crippen LogP contribution in [0, 0.1) is 23.5 Å². The number of hydrogen-bond donors (Lipinski definition) is 0. The average Bonchev–Trinajstić information content (AvgIpc) is 2.58. The van der Waals surface area contributed by atoms with Crippen molar-refractivity contribution in [3.8, 4) is 5.75 Å². The van der Waals surface area contributed by atoms with E-state index in [0.29, 0.717) is 24.5 Å². The Morgan fingerprint density at radius 3 is 2.35 bits per heavy atom. The van der Waals surface area contributed by atoms with Gasteiger partial charge in [0, 0.05) is 0 Å². The quantitative estimate of drug-likeness (QED) is 0.510. The van der Waals surface area contributed by atoms with Crippen LogP contribution in [0.2, 0.25) is 0 Å². The molecule has 0 aromatic heterocycles. The predicted molar refractivity (Wildman–Crippen MR) is 90.8 cm³/mol. The lowest BCUT2D eigenvalue weighted by Gasteiger charge is -2.27. The summed E-state index contributed by atoms with van der Waals surface area (Å²) in [6.45, 7) is 4.73. The summed E-state index contributed by atoms with van der Waals surface area (Å²) >= 11 is 0. The van der Waals surface area contributed by atoms with Crippen LogP contribution < -0.4 is 4.74 Å². The van der Waals surface area contributed by atoms with E-state index in [4.69, 9.17) is 4.74 Å². The van der Waals surface area contributed by atoms with E-state index in [-0.39, 0.29) is 5.75 Å². The van der Waals surface area contributed by atoms with Gasteiger partial charge in [0.15, 0.2) is 11.6 Å². The SMILES string of the molecule is CCCCOc1ccc(CCC2CCC(CC)CC2)c(F)c1F. The summed E-state index contributed by atoms with van der Waals surface area (Å²) in [4.78, 5) is 0. The molecule has 1 saturated carbocycles. The van der Waals surface area contributed by atoms with Gasteiger partial charge >= 0.3 is 0 Å². The summed E-state index contributed by atoms with van der Waals surface area (Å²) in [5.41, 5.74) is 0.489. The van der Waals surface area contributed by atoms with Gasteiger partial charge in [0.2, 0.25) is 5.82 Å². The van der Waals surface area contributed by atoms with Gasteiger partial charge in [0.25, 0.3) is 0 Å². The van der Waals surface area contributed by atoms with E-state index in [1.165, 1.54) is 32.1 Å². The smallest absolute Gasteiger partial charge is 0.200 e. The molecule has 1 nitrogen and oxygen atoms in total. The number of rotatable bonds is 8. The third-order valence-electron chi connectivity index (χ3n) is 5.25. The third-order valence-corrected chi connectivity index (χ3v) is 5.25. The Balaban J connectivity index is 1.87. The molecule has 0 bridgehead atoms. The summed E-state index contributed by atoms with van der Waals surface area (Å²) < 4.78 is 33.6. The molecule has 0 aliphatic heterocycles. The van der Waals surface area contributed by atoms with Crippen molar-refractivity contribution in [2.45, 2.75) is 71.6 Å². The second-order valence-electron chi connectivity index (χ2n) is 6.89. The molecule has 0 radical (unpaired) electrons. The number of halogens is 2. The van der Waals surface area contributed by atoms with Gasteiger partial charge in [-0.25, -0.2) is 4.39 Å². The molecule has 0 atom stereocenters. The molecule has 1 fully saturated rings. The molecule has 130 valence electrons. The molecule has 23 heavy (non-hydrogen) atoms. The van der Waals surface area contributed by atoms with Crippen molar-refractivity contribution in [1.29, 1.82) is 0 Å². The van der Waals surface area contributed by atoms with Crippen molar-refractivity contribution in [3.63, 3.8) is 0 Å². The van der Waals surface area contributed by atoms with Crippen LogP contribution in [-0.2, 0) is 6.42 Å². The average molecular weight is 324 g/mol. The Bertz CT molecular complexity index is 479. The summed E-state index contributed by atoms with van der Waals surface area (Å²) in [6, 6.07) is 3.27. The topological polar surface area (TPSA) is 9.23 Å². The molecule has 3 heteroatoms. The maximum absolute atomic E-state index is 14.2. The Kier molecular flexibility index (Phi) is 7.32. The van der Waals surface area contributed by atoms with Crippen LogP contribution in [0.25, 0.3) is 0 Å². The van der Waals surface area contributed by atoms with E-state index in [1.807, 2.05) is 6.92 Å². The van der Waals surface area contributed by atoms with Crippen molar-refractivity contribution < 1.29 is 13.5 Å². The van der Waals surface area contributed by atoms with Gasteiger partial charge in [-0.15, -0.1) is 0 Å². The van der Waals surface area contributed by atoms with Crippen LogP contribution in [0.5, 0.6) is 5.75 Å². The number of benzene rings is 1. The lowest BCUT2D eigenvalue weighted by atomic mass is 9.78. The van der Waals surface area contributed by atoms with Gasteiger partial charge in [-0.1, -0.05) is 58.4 Å². The zero-order chi connectivity index (χ0) is 16.7. The van der Waals surface area contributed by atoms with Gasteiger partial charge in [-0.05, 0) is 42.7 Å². The highest BCUT2D eigenvalue weighted by Crippen LogP contribution is 2.33. The van der Waals surface area contributed by atoms with Crippen LogP contribution in [0.1, 0.15) is 70.8 Å². The molecule has 0 unspecified atom stereocenters. The van der Waals surface area contributed by atoms with Crippen LogP contribution in [0.15, 0.2) is 12.1 Å². The fourth-order valence-corrected chi connectivity index (χ4v) is 3.49. The van der Waals surface area contributed by atoms with Gasteiger partial charge < -0.3 is 4.74 Å². The van der Waals surface area contributed by atoms with Crippen LogP contribution in [0.4, 0.5) is 8.78 Å². The molecule has 1 aromatic rings. The normalized spacial score (nSPS) is 21.4. The minimum atomic E-state index is -0.826. The summed E-state index contributed by atoms with van der Waals surface area (Å²) in [5.74, 6) is 0.0402. The van der Waals surface area contributed by atoms with Gasteiger partial charge in [-0.2, -0.15) is 4.39 Å². The first-order chi connectivity index (χ1) is 11.2. The fraction of sp³-hybridized carbons (Fsp3) is 0.700. The minimum absolute atomic E-state index is 0.0446. The van der Waals surface area contributed by atoms with Crippen molar-refractivity contribution in [2.75, 3.05) is 6.61 Å². The van der Waals surface area contributed by atoms with Crippen LogP contribution in [0.3, 0.4) is 0 Å². The van der Waals surface area contributed by atoms with E-state index in [2.05, 4.69) is 6.92 Å². The molecule has 0 saturated heterocycles. The molecule has 0 N–H and O–H groups in total. The first-order valence-corrected chi connectivity index (χ1v) is 9.25. The monoisotopic (exact) mass is 324 g/mol. The van der Waals surface area contributed by atoms with E-state index in [0.717, 1.165) is 25.2 Å². The number of aryl methyl sites for hydroxylation is 1. The maximum Gasteiger partial charge on any atom is 0.200 e. The predicted octanol–water partition coefficient (Wildman–Crippen LogP) is 6.29. The minimum Gasteiger partial charge on any atom is -0.490 e. The zero-order valence-corrected chi connectivity index (χ0v) is 14.5. The summed E-state index contributed by atoms with van der Waals surface area (Å²) in [6.07, 6.45) is 9.74.